The molecule has 0 atom stereocenters. The van der Waals surface area contributed by atoms with Crippen LogP contribution in [-0.2, 0) is 0 Å². The first-order valence-electron chi connectivity index (χ1n) is 6.15. The summed E-state index contributed by atoms with van der Waals surface area (Å²) in [6.45, 7) is 8.24. The quantitative estimate of drug-likeness (QED) is 0.817. The van der Waals surface area contributed by atoms with Crippen molar-refractivity contribution in [3.63, 3.8) is 0 Å². The Bertz CT molecular complexity index is 536. The molecule has 0 amide bonds. The summed E-state index contributed by atoms with van der Waals surface area (Å²) in [5.74, 6) is 2.17. The molecular formula is C15H19NO2. The van der Waals surface area contributed by atoms with Gasteiger partial charge in [-0.05, 0) is 43.0 Å². The van der Waals surface area contributed by atoms with Gasteiger partial charge >= 0.3 is 0 Å². The van der Waals surface area contributed by atoms with Gasteiger partial charge in [-0.15, -0.1) is 0 Å². The van der Waals surface area contributed by atoms with Crippen LogP contribution in [-0.4, -0.2) is 12.3 Å². The summed E-state index contributed by atoms with van der Waals surface area (Å²) in [7, 11) is 1.69. The molecule has 2 rings (SSSR count). The highest BCUT2D eigenvalue weighted by molar-refractivity contribution is 5.70. The molecule has 1 aromatic heterocycles. The number of hydrogen-bond donors (Lipinski definition) is 0. The maximum absolute atomic E-state index is 5.37. The Morgan fingerprint density at radius 3 is 2.39 bits per heavy atom. The van der Waals surface area contributed by atoms with Crippen LogP contribution >= 0.6 is 0 Å². The second-order valence-electron chi connectivity index (χ2n) is 4.85. The second-order valence-corrected chi connectivity index (χ2v) is 4.85. The SMILES string of the molecule is COc1cc(-c2c(C)noc2C)cc(C(C)C)c1. The molecular weight excluding hydrogens is 226 g/mol. The summed E-state index contributed by atoms with van der Waals surface area (Å²) in [5.41, 5.74) is 4.34. The van der Waals surface area contributed by atoms with Gasteiger partial charge in [-0.3, -0.25) is 0 Å². The Labute approximate surface area is 108 Å². The number of benzene rings is 1. The summed E-state index contributed by atoms with van der Waals surface area (Å²) in [6.07, 6.45) is 0. The molecule has 0 saturated heterocycles. The molecule has 1 aromatic carbocycles. The molecule has 3 heteroatoms. The molecule has 0 radical (unpaired) electrons. The standard InChI is InChI=1S/C15H19NO2/c1-9(2)12-6-13(8-14(7-12)17-5)15-10(3)16-18-11(15)4/h6-9H,1-5H3. The third-order valence-electron chi connectivity index (χ3n) is 3.15. The van der Waals surface area contributed by atoms with E-state index in [4.69, 9.17) is 9.26 Å². The fraction of sp³-hybridized carbons (Fsp3) is 0.400. The molecule has 0 aliphatic rings. The summed E-state index contributed by atoms with van der Waals surface area (Å²) >= 11 is 0. The highest BCUT2D eigenvalue weighted by atomic mass is 16.5. The van der Waals surface area contributed by atoms with Crippen molar-refractivity contribution >= 4 is 0 Å². The van der Waals surface area contributed by atoms with E-state index in [-0.39, 0.29) is 0 Å². The Balaban J connectivity index is 2.60. The molecule has 0 aliphatic carbocycles. The lowest BCUT2D eigenvalue weighted by Crippen LogP contribution is -1.93. The first-order valence-corrected chi connectivity index (χ1v) is 6.15. The van der Waals surface area contributed by atoms with Gasteiger partial charge in [0, 0.05) is 5.56 Å². The van der Waals surface area contributed by atoms with Crippen molar-refractivity contribution < 1.29 is 9.26 Å². The van der Waals surface area contributed by atoms with Crippen LogP contribution in [0, 0.1) is 13.8 Å². The number of rotatable bonds is 3. The molecule has 0 spiro atoms. The van der Waals surface area contributed by atoms with Gasteiger partial charge in [0.25, 0.3) is 0 Å². The third kappa shape index (κ3) is 2.26. The van der Waals surface area contributed by atoms with E-state index in [9.17, 15) is 0 Å². The maximum Gasteiger partial charge on any atom is 0.141 e. The predicted octanol–water partition coefficient (Wildman–Crippen LogP) is 4.09. The van der Waals surface area contributed by atoms with Crippen molar-refractivity contribution in [1.29, 1.82) is 0 Å². The van der Waals surface area contributed by atoms with Gasteiger partial charge in [0.15, 0.2) is 0 Å². The van der Waals surface area contributed by atoms with Crippen molar-refractivity contribution in [3.05, 3.63) is 35.2 Å². The second kappa shape index (κ2) is 4.84. The zero-order chi connectivity index (χ0) is 13.3. The van der Waals surface area contributed by atoms with E-state index >= 15 is 0 Å². The topological polar surface area (TPSA) is 35.3 Å². The van der Waals surface area contributed by atoms with Crippen LogP contribution in [0.15, 0.2) is 22.7 Å². The summed E-state index contributed by atoms with van der Waals surface area (Å²) in [5, 5.41) is 4.01. The zero-order valence-electron chi connectivity index (χ0n) is 11.6. The minimum absolute atomic E-state index is 0.458. The average molecular weight is 245 g/mol. The first kappa shape index (κ1) is 12.7. The van der Waals surface area contributed by atoms with Crippen molar-refractivity contribution in [1.82, 2.24) is 5.16 Å². The molecule has 0 aliphatic heterocycles. The lowest BCUT2D eigenvalue weighted by Gasteiger charge is -2.11. The van der Waals surface area contributed by atoms with Gasteiger partial charge in [-0.2, -0.15) is 0 Å². The number of aryl methyl sites for hydroxylation is 2. The van der Waals surface area contributed by atoms with E-state index in [0.29, 0.717) is 5.92 Å². The third-order valence-corrected chi connectivity index (χ3v) is 3.15. The lowest BCUT2D eigenvalue weighted by molar-refractivity contribution is 0.393. The van der Waals surface area contributed by atoms with Crippen molar-refractivity contribution in [2.24, 2.45) is 0 Å². The Hall–Kier alpha value is -1.77. The molecule has 3 nitrogen and oxygen atoms in total. The van der Waals surface area contributed by atoms with E-state index in [1.165, 1.54) is 5.56 Å². The number of ether oxygens (including phenoxy) is 1. The van der Waals surface area contributed by atoms with E-state index in [1.54, 1.807) is 7.11 Å². The lowest BCUT2D eigenvalue weighted by atomic mass is 9.96. The Kier molecular flexibility index (Phi) is 3.41. The summed E-state index contributed by atoms with van der Waals surface area (Å²) in [4.78, 5) is 0. The molecule has 96 valence electrons. The highest BCUT2D eigenvalue weighted by Crippen LogP contribution is 2.32. The largest absolute Gasteiger partial charge is 0.497 e. The Morgan fingerprint density at radius 2 is 1.89 bits per heavy atom. The number of aromatic nitrogens is 1. The van der Waals surface area contributed by atoms with Gasteiger partial charge in [0.1, 0.15) is 11.5 Å². The van der Waals surface area contributed by atoms with Gasteiger partial charge in [-0.25, -0.2) is 0 Å². The molecule has 2 aromatic rings. The van der Waals surface area contributed by atoms with E-state index in [0.717, 1.165) is 28.3 Å². The fourth-order valence-corrected chi connectivity index (χ4v) is 2.11. The monoisotopic (exact) mass is 245 g/mol. The maximum atomic E-state index is 5.37. The number of nitrogens with zero attached hydrogens (tertiary/aromatic N) is 1. The van der Waals surface area contributed by atoms with Crippen LogP contribution < -0.4 is 4.74 Å². The molecule has 18 heavy (non-hydrogen) atoms. The molecule has 0 fully saturated rings. The fourth-order valence-electron chi connectivity index (χ4n) is 2.11. The molecule has 1 heterocycles. The molecule has 0 bridgehead atoms. The van der Waals surface area contributed by atoms with Crippen LogP contribution in [0.1, 0.15) is 36.8 Å². The minimum atomic E-state index is 0.458. The highest BCUT2D eigenvalue weighted by Gasteiger charge is 2.14. The van der Waals surface area contributed by atoms with Crippen LogP contribution in [0.4, 0.5) is 0 Å². The number of hydrogen-bond acceptors (Lipinski definition) is 3. The number of methoxy groups -OCH3 is 1. The van der Waals surface area contributed by atoms with Crippen LogP contribution in [0.5, 0.6) is 5.75 Å². The molecule has 0 N–H and O–H groups in total. The van der Waals surface area contributed by atoms with E-state index < -0.39 is 0 Å². The normalized spacial score (nSPS) is 11.0. The minimum Gasteiger partial charge on any atom is -0.497 e. The van der Waals surface area contributed by atoms with Gasteiger partial charge in [-0.1, -0.05) is 25.1 Å². The van der Waals surface area contributed by atoms with Gasteiger partial charge in [0.05, 0.1) is 12.8 Å². The summed E-state index contributed by atoms with van der Waals surface area (Å²) in [6, 6.07) is 6.28. The first-order chi connectivity index (χ1) is 8.52. The molecule has 0 unspecified atom stereocenters. The van der Waals surface area contributed by atoms with Crippen molar-refractivity contribution in [2.45, 2.75) is 33.6 Å². The van der Waals surface area contributed by atoms with Crippen LogP contribution in [0.3, 0.4) is 0 Å². The van der Waals surface area contributed by atoms with Crippen LogP contribution in [0.2, 0.25) is 0 Å². The summed E-state index contributed by atoms with van der Waals surface area (Å²) < 4.78 is 10.6. The predicted molar refractivity (Wildman–Crippen MR) is 72.1 cm³/mol. The van der Waals surface area contributed by atoms with Crippen molar-refractivity contribution in [3.8, 4) is 16.9 Å². The zero-order valence-corrected chi connectivity index (χ0v) is 11.6. The Morgan fingerprint density at radius 1 is 1.17 bits per heavy atom. The van der Waals surface area contributed by atoms with E-state index in [1.807, 2.05) is 19.9 Å². The van der Waals surface area contributed by atoms with E-state index in [2.05, 4.69) is 31.1 Å². The molecule has 0 saturated carbocycles. The van der Waals surface area contributed by atoms with Gasteiger partial charge in [0.2, 0.25) is 0 Å². The van der Waals surface area contributed by atoms with Crippen molar-refractivity contribution in [2.75, 3.05) is 7.11 Å². The smallest absolute Gasteiger partial charge is 0.141 e. The average Bonchev–Trinajstić information content (AvgIpc) is 2.68. The van der Waals surface area contributed by atoms with Gasteiger partial charge < -0.3 is 9.26 Å². The van der Waals surface area contributed by atoms with Crippen LogP contribution in [0.25, 0.3) is 11.1 Å².